The third kappa shape index (κ3) is 3.71. The molecule has 0 atom stereocenters. The van der Waals surface area contributed by atoms with E-state index < -0.39 is 5.97 Å². The Kier molecular flexibility index (Phi) is 4.76. The number of carbonyl (C=O) groups is 1. The lowest BCUT2D eigenvalue weighted by atomic mass is 10.2. The van der Waals surface area contributed by atoms with Crippen LogP contribution < -0.4 is 9.47 Å². The zero-order valence-corrected chi connectivity index (χ0v) is 15.6. The van der Waals surface area contributed by atoms with Crippen LogP contribution in [0.5, 0.6) is 11.5 Å². The van der Waals surface area contributed by atoms with Crippen LogP contribution in [-0.4, -0.2) is 27.6 Å². The Morgan fingerprint density at radius 1 is 0.893 bits per heavy atom. The fourth-order valence-corrected chi connectivity index (χ4v) is 2.85. The van der Waals surface area contributed by atoms with Crippen LogP contribution >= 0.6 is 0 Å². The van der Waals surface area contributed by atoms with Crippen LogP contribution in [0.1, 0.15) is 11.1 Å². The number of rotatable bonds is 5. The van der Waals surface area contributed by atoms with Gasteiger partial charge in [0, 0.05) is 6.07 Å². The van der Waals surface area contributed by atoms with Crippen LogP contribution in [0.3, 0.4) is 0 Å². The SMILES string of the molecule is Cc1ccccc1OCC(=O)Oc1ccc(C)c(-n2nc3ccccc3n2)c1. The molecule has 0 saturated heterocycles. The quantitative estimate of drug-likeness (QED) is 0.390. The minimum absolute atomic E-state index is 0.169. The summed E-state index contributed by atoms with van der Waals surface area (Å²) in [7, 11) is 0. The molecule has 4 rings (SSSR count). The van der Waals surface area contributed by atoms with Crippen molar-refractivity contribution in [1.29, 1.82) is 0 Å². The normalized spacial score (nSPS) is 10.8. The molecular weight excluding hydrogens is 354 g/mol. The second-order valence-corrected chi connectivity index (χ2v) is 6.45. The Morgan fingerprint density at radius 2 is 1.57 bits per heavy atom. The van der Waals surface area contributed by atoms with Gasteiger partial charge in [-0.3, -0.25) is 0 Å². The van der Waals surface area contributed by atoms with E-state index in [1.54, 1.807) is 16.9 Å². The van der Waals surface area contributed by atoms with Crippen molar-refractivity contribution in [2.75, 3.05) is 6.61 Å². The molecule has 140 valence electrons. The molecule has 28 heavy (non-hydrogen) atoms. The fourth-order valence-electron chi connectivity index (χ4n) is 2.85. The molecule has 1 aromatic heterocycles. The van der Waals surface area contributed by atoms with Crippen molar-refractivity contribution >= 4 is 17.0 Å². The summed E-state index contributed by atoms with van der Waals surface area (Å²) in [5.41, 5.74) is 4.29. The molecule has 0 N–H and O–H groups in total. The summed E-state index contributed by atoms with van der Waals surface area (Å²) < 4.78 is 11.0. The first-order valence-corrected chi connectivity index (χ1v) is 8.92. The summed E-state index contributed by atoms with van der Waals surface area (Å²) in [6, 6.07) is 20.5. The molecule has 0 aliphatic rings. The molecule has 6 heteroatoms. The summed E-state index contributed by atoms with van der Waals surface area (Å²) in [6.45, 7) is 3.71. The van der Waals surface area contributed by atoms with Crippen molar-refractivity contribution in [3.63, 3.8) is 0 Å². The largest absolute Gasteiger partial charge is 0.482 e. The van der Waals surface area contributed by atoms with Gasteiger partial charge < -0.3 is 9.47 Å². The molecule has 0 aliphatic carbocycles. The van der Waals surface area contributed by atoms with Crippen LogP contribution in [0, 0.1) is 13.8 Å². The zero-order valence-electron chi connectivity index (χ0n) is 15.6. The van der Waals surface area contributed by atoms with Gasteiger partial charge in [0.15, 0.2) is 6.61 Å². The molecule has 4 aromatic rings. The van der Waals surface area contributed by atoms with Crippen LogP contribution in [0.25, 0.3) is 16.7 Å². The number of carbonyl (C=O) groups excluding carboxylic acids is 1. The van der Waals surface area contributed by atoms with Gasteiger partial charge in [0.05, 0.1) is 5.69 Å². The van der Waals surface area contributed by atoms with E-state index in [1.807, 2.05) is 68.4 Å². The lowest BCUT2D eigenvalue weighted by Crippen LogP contribution is -2.18. The number of aromatic nitrogens is 3. The number of aryl methyl sites for hydroxylation is 2. The Hall–Kier alpha value is -3.67. The van der Waals surface area contributed by atoms with Crippen molar-refractivity contribution < 1.29 is 14.3 Å². The van der Waals surface area contributed by atoms with Crippen LogP contribution in [0.2, 0.25) is 0 Å². The maximum Gasteiger partial charge on any atom is 0.349 e. The summed E-state index contributed by atoms with van der Waals surface area (Å²) in [6.07, 6.45) is 0. The van der Waals surface area contributed by atoms with E-state index in [0.717, 1.165) is 27.8 Å². The minimum Gasteiger partial charge on any atom is -0.482 e. The highest BCUT2D eigenvalue weighted by molar-refractivity contribution is 5.75. The first-order valence-electron chi connectivity index (χ1n) is 8.92. The first-order chi connectivity index (χ1) is 13.6. The predicted octanol–water partition coefficient (Wildman–Crippen LogP) is 4.02. The van der Waals surface area contributed by atoms with Crippen molar-refractivity contribution in [3.05, 3.63) is 77.9 Å². The number of ether oxygens (including phenoxy) is 2. The van der Waals surface area contributed by atoms with Crippen molar-refractivity contribution in [3.8, 4) is 17.2 Å². The van der Waals surface area contributed by atoms with Gasteiger partial charge in [-0.15, -0.1) is 10.2 Å². The van der Waals surface area contributed by atoms with Gasteiger partial charge >= 0.3 is 5.97 Å². The highest BCUT2D eigenvalue weighted by Crippen LogP contribution is 2.22. The van der Waals surface area contributed by atoms with Gasteiger partial charge in [-0.2, -0.15) is 4.80 Å². The Labute approximate surface area is 162 Å². The summed E-state index contributed by atoms with van der Waals surface area (Å²) in [5, 5.41) is 8.98. The number of hydrogen-bond donors (Lipinski definition) is 0. The van der Waals surface area contributed by atoms with Crippen LogP contribution in [0.4, 0.5) is 0 Å². The highest BCUT2D eigenvalue weighted by Gasteiger charge is 2.12. The Balaban J connectivity index is 1.50. The second-order valence-electron chi connectivity index (χ2n) is 6.45. The van der Waals surface area contributed by atoms with E-state index in [0.29, 0.717) is 11.5 Å². The number of esters is 1. The average molecular weight is 373 g/mol. The van der Waals surface area contributed by atoms with Gasteiger partial charge in [-0.25, -0.2) is 4.79 Å². The predicted molar refractivity (Wildman–Crippen MR) is 106 cm³/mol. The first kappa shape index (κ1) is 17.7. The third-order valence-corrected chi connectivity index (χ3v) is 4.35. The van der Waals surface area contributed by atoms with Gasteiger partial charge in [-0.05, 0) is 49.2 Å². The number of hydrogen-bond acceptors (Lipinski definition) is 5. The molecule has 1 heterocycles. The molecule has 0 radical (unpaired) electrons. The lowest BCUT2D eigenvalue weighted by molar-refractivity contribution is -0.136. The minimum atomic E-state index is -0.475. The van der Waals surface area contributed by atoms with Crippen molar-refractivity contribution in [2.45, 2.75) is 13.8 Å². The molecule has 0 unspecified atom stereocenters. The highest BCUT2D eigenvalue weighted by atomic mass is 16.6. The summed E-state index contributed by atoms with van der Waals surface area (Å²) in [5.74, 6) is 0.605. The standard InChI is InChI=1S/C22H19N3O3/c1-15-11-12-17(28-22(26)14-27-21-10-6-3-7-16(21)2)13-20(15)25-23-18-8-4-5-9-19(18)24-25/h3-13H,14H2,1-2H3. The van der Waals surface area contributed by atoms with Crippen LogP contribution in [-0.2, 0) is 4.79 Å². The third-order valence-electron chi connectivity index (χ3n) is 4.35. The number of benzene rings is 3. The zero-order chi connectivity index (χ0) is 19.5. The van der Waals surface area contributed by atoms with Gasteiger partial charge in [0.25, 0.3) is 0 Å². The fraction of sp³-hybridized carbons (Fsp3) is 0.136. The van der Waals surface area contributed by atoms with E-state index >= 15 is 0 Å². The molecule has 0 amide bonds. The Morgan fingerprint density at radius 3 is 2.29 bits per heavy atom. The molecule has 3 aromatic carbocycles. The smallest absolute Gasteiger partial charge is 0.349 e. The average Bonchev–Trinajstić information content (AvgIpc) is 3.13. The molecule has 0 spiro atoms. The second kappa shape index (κ2) is 7.52. The van der Waals surface area contributed by atoms with Crippen molar-refractivity contribution in [1.82, 2.24) is 15.0 Å². The molecular formula is C22H19N3O3. The van der Waals surface area contributed by atoms with E-state index in [4.69, 9.17) is 9.47 Å². The van der Waals surface area contributed by atoms with Crippen molar-refractivity contribution in [2.24, 2.45) is 0 Å². The number of fused-ring (bicyclic) bond motifs is 1. The van der Waals surface area contributed by atoms with E-state index in [9.17, 15) is 4.79 Å². The maximum absolute atomic E-state index is 12.2. The number of nitrogens with zero attached hydrogens (tertiary/aromatic N) is 3. The lowest BCUT2D eigenvalue weighted by Gasteiger charge is -2.10. The summed E-state index contributed by atoms with van der Waals surface area (Å²) >= 11 is 0. The number of para-hydroxylation sites is 1. The molecule has 0 fully saturated rings. The van der Waals surface area contributed by atoms with E-state index in [1.165, 1.54) is 0 Å². The summed E-state index contributed by atoms with van der Waals surface area (Å²) in [4.78, 5) is 13.7. The molecule has 6 nitrogen and oxygen atoms in total. The Bertz CT molecular complexity index is 1120. The van der Waals surface area contributed by atoms with Gasteiger partial charge in [-0.1, -0.05) is 36.4 Å². The topological polar surface area (TPSA) is 66.2 Å². The van der Waals surface area contributed by atoms with Crippen LogP contribution in [0.15, 0.2) is 66.7 Å². The van der Waals surface area contributed by atoms with E-state index in [2.05, 4.69) is 10.2 Å². The molecule has 0 saturated carbocycles. The van der Waals surface area contributed by atoms with Gasteiger partial charge in [0.2, 0.25) is 0 Å². The molecule has 0 bridgehead atoms. The van der Waals surface area contributed by atoms with Gasteiger partial charge in [0.1, 0.15) is 22.5 Å². The molecule has 0 aliphatic heterocycles. The van der Waals surface area contributed by atoms with E-state index in [-0.39, 0.29) is 6.61 Å². The maximum atomic E-state index is 12.2. The monoisotopic (exact) mass is 373 g/mol.